The van der Waals surface area contributed by atoms with Crippen LogP contribution in [0.25, 0.3) is 0 Å². The average Bonchev–Trinajstić information content (AvgIpc) is 2.87. The van der Waals surface area contributed by atoms with E-state index in [1.54, 1.807) is 4.68 Å². The summed E-state index contributed by atoms with van der Waals surface area (Å²) in [6.07, 6.45) is 6.60. The third kappa shape index (κ3) is 2.74. The molecule has 1 spiro atoms. The van der Waals surface area contributed by atoms with Crippen LogP contribution in [-0.2, 0) is 13.6 Å². The van der Waals surface area contributed by atoms with Crippen LogP contribution in [0.1, 0.15) is 43.4 Å². The Kier molecular flexibility index (Phi) is 4.07. The van der Waals surface area contributed by atoms with Crippen molar-refractivity contribution in [3.05, 3.63) is 16.4 Å². The first-order chi connectivity index (χ1) is 9.60. The fourth-order valence-electron chi connectivity index (χ4n) is 3.82. The molecular weight excluding hydrogens is 272 g/mol. The molecule has 112 valence electrons. The van der Waals surface area contributed by atoms with Crippen LogP contribution in [0.2, 0.25) is 5.15 Å². The summed E-state index contributed by atoms with van der Waals surface area (Å²) in [5, 5.41) is 9.03. The molecule has 1 saturated heterocycles. The van der Waals surface area contributed by atoms with E-state index in [0.717, 1.165) is 37.0 Å². The first-order valence-corrected chi connectivity index (χ1v) is 8.13. The molecule has 1 saturated carbocycles. The van der Waals surface area contributed by atoms with Gasteiger partial charge < -0.3 is 5.32 Å². The van der Waals surface area contributed by atoms with Gasteiger partial charge in [0, 0.05) is 31.2 Å². The van der Waals surface area contributed by atoms with Crippen LogP contribution in [0, 0.1) is 6.92 Å². The minimum Gasteiger partial charge on any atom is -0.310 e. The smallest absolute Gasteiger partial charge is 0.131 e. The fourth-order valence-corrected chi connectivity index (χ4v) is 4.05. The zero-order chi connectivity index (χ0) is 14.2. The number of rotatable bonds is 2. The summed E-state index contributed by atoms with van der Waals surface area (Å²) in [5.41, 5.74) is 2.62. The van der Waals surface area contributed by atoms with E-state index in [1.165, 1.54) is 37.7 Å². The van der Waals surface area contributed by atoms with Gasteiger partial charge in [0.05, 0.1) is 5.69 Å². The number of hydrogen-bond acceptors (Lipinski definition) is 3. The Bertz CT molecular complexity index is 476. The molecule has 5 heteroatoms. The summed E-state index contributed by atoms with van der Waals surface area (Å²) in [6, 6.07) is 0. The molecule has 0 radical (unpaired) electrons. The average molecular weight is 297 g/mol. The molecule has 2 fully saturated rings. The molecule has 1 N–H and O–H groups in total. The highest BCUT2D eigenvalue weighted by molar-refractivity contribution is 6.30. The second-order valence-electron chi connectivity index (χ2n) is 6.46. The molecule has 20 heavy (non-hydrogen) atoms. The van der Waals surface area contributed by atoms with E-state index in [0.29, 0.717) is 5.54 Å². The van der Waals surface area contributed by atoms with Crippen molar-refractivity contribution in [3.63, 3.8) is 0 Å². The lowest BCUT2D eigenvalue weighted by molar-refractivity contribution is 0.203. The summed E-state index contributed by atoms with van der Waals surface area (Å²) in [5.74, 6) is 0. The number of hydrogen-bond donors (Lipinski definition) is 1. The van der Waals surface area contributed by atoms with Crippen molar-refractivity contribution in [2.45, 2.75) is 51.1 Å². The molecule has 1 aromatic rings. The number of aromatic nitrogens is 2. The number of nitrogens with zero attached hydrogens (tertiary/aromatic N) is 3. The third-order valence-corrected chi connectivity index (χ3v) is 5.36. The maximum Gasteiger partial charge on any atom is 0.131 e. The molecule has 1 aliphatic heterocycles. The molecule has 0 amide bonds. The van der Waals surface area contributed by atoms with E-state index in [1.807, 2.05) is 7.05 Å². The first-order valence-electron chi connectivity index (χ1n) is 7.75. The van der Waals surface area contributed by atoms with Crippen LogP contribution in [0.3, 0.4) is 0 Å². The van der Waals surface area contributed by atoms with Gasteiger partial charge in [-0.1, -0.05) is 24.4 Å². The van der Waals surface area contributed by atoms with Crippen LogP contribution >= 0.6 is 11.6 Å². The van der Waals surface area contributed by atoms with E-state index in [9.17, 15) is 0 Å². The first kappa shape index (κ1) is 14.4. The lowest BCUT2D eigenvalue weighted by Gasteiger charge is -2.33. The van der Waals surface area contributed by atoms with Gasteiger partial charge in [0.2, 0.25) is 0 Å². The summed E-state index contributed by atoms with van der Waals surface area (Å²) in [6.45, 7) is 6.44. The van der Waals surface area contributed by atoms with Crippen LogP contribution in [0.15, 0.2) is 0 Å². The van der Waals surface area contributed by atoms with E-state index >= 15 is 0 Å². The maximum atomic E-state index is 6.38. The van der Waals surface area contributed by atoms with Crippen LogP contribution in [-0.4, -0.2) is 39.9 Å². The molecule has 4 nitrogen and oxygen atoms in total. The topological polar surface area (TPSA) is 33.1 Å². The van der Waals surface area contributed by atoms with Gasteiger partial charge in [0.15, 0.2) is 0 Å². The lowest BCUT2D eigenvalue weighted by Crippen LogP contribution is -2.49. The fraction of sp³-hybridized carbons (Fsp3) is 0.800. The molecule has 0 bridgehead atoms. The molecule has 1 aliphatic carbocycles. The second-order valence-corrected chi connectivity index (χ2v) is 6.81. The standard InChI is InChI=1S/C15H25ClN4/c1-12-13(14(16)19(2)18-12)10-20-9-5-8-17-15(11-20)6-3-4-7-15/h17H,3-11H2,1-2H3. The Hall–Kier alpha value is -0.580. The summed E-state index contributed by atoms with van der Waals surface area (Å²) < 4.78 is 1.79. The van der Waals surface area contributed by atoms with Gasteiger partial charge in [-0.2, -0.15) is 5.10 Å². The van der Waals surface area contributed by atoms with E-state index < -0.39 is 0 Å². The van der Waals surface area contributed by atoms with Crippen molar-refractivity contribution in [2.75, 3.05) is 19.6 Å². The Balaban J connectivity index is 1.75. The minimum absolute atomic E-state index is 0.360. The van der Waals surface area contributed by atoms with Crippen molar-refractivity contribution in [2.24, 2.45) is 7.05 Å². The summed E-state index contributed by atoms with van der Waals surface area (Å²) in [7, 11) is 1.92. The van der Waals surface area contributed by atoms with Gasteiger partial charge in [-0.05, 0) is 39.3 Å². The highest BCUT2D eigenvalue weighted by atomic mass is 35.5. The molecular formula is C15H25ClN4. The van der Waals surface area contributed by atoms with E-state index in [4.69, 9.17) is 11.6 Å². The van der Waals surface area contributed by atoms with Crippen molar-refractivity contribution >= 4 is 11.6 Å². The van der Waals surface area contributed by atoms with E-state index in [2.05, 4.69) is 22.2 Å². The Labute approximate surface area is 126 Å². The molecule has 1 aromatic heterocycles. The van der Waals surface area contributed by atoms with Crippen molar-refractivity contribution in [1.29, 1.82) is 0 Å². The number of nitrogens with one attached hydrogen (secondary N) is 1. The zero-order valence-electron chi connectivity index (χ0n) is 12.6. The highest BCUT2D eigenvalue weighted by Gasteiger charge is 2.36. The monoisotopic (exact) mass is 296 g/mol. The molecule has 3 rings (SSSR count). The van der Waals surface area contributed by atoms with Gasteiger partial charge in [-0.15, -0.1) is 0 Å². The summed E-state index contributed by atoms with van der Waals surface area (Å²) >= 11 is 6.38. The SMILES string of the molecule is Cc1nn(C)c(Cl)c1CN1CCCNC2(CCCC2)C1. The van der Waals surface area contributed by atoms with Crippen LogP contribution in [0.4, 0.5) is 0 Å². The van der Waals surface area contributed by atoms with Gasteiger partial charge in [0.25, 0.3) is 0 Å². The lowest BCUT2D eigenvalue weighted by atomic mass is 9.97. The molecule has 0 unspecified atom stereocenters. The maximum absolute atomic E-state index is 6.38. The Morgan fingerprint density at radius 2 is 2.05 bits per heavy atom. The third-order valence-electron chi connectivity index (χ3n) is 4.89. The van der Waals surface area contributed by atoms with Crippen LogP contribution in [0.5, 0.6) is 0 Å². The normalized spacial score (nSPS) is 23.4. The number of halogens is 1. The van der Waals surface area contributed by atoms with E-state index in [-0.39, 0.29) is 0 Å². The predicted octanol–water partition coefficient (Wildman–Crippen LogP) is 2.49. The second kappa shape index (κ2) is 5.66. The van der Waals surface area contributed by atoms with Gasteiger partial charge >= 0.3 is 0 Å². The number of aryl methyl sites for hydroxylation is 2. The van der Waals surface area contributed by atoms with Gasteiger partial charge in [-0.25, -0.2) is 0 Å². The molecule has 0 aromatic carbocycles. The Morgan fingerprint density at radius 1 is 1.30 bits per heavy atom. The molecule has 2 aliphatic rings. The predicted molar refractivity (Wildman–Crippen MR) is 82.1 cm³/mol. The molecule has 0 atom stereocenters. The molecule has 2 heterocycles. The Morgan fingerprint density at radius 3 is 2.70 bits per heavy atom. The summed E-state index contributed by atoms with van der Waals surface area (Å²) in [4.78, 5) is 2.57. The minimum atomic E-state index is 0.360. The quantitative estimate of drug-likeness (QED) is 0.910. The van der Waals surface area contributed by atoms with Gasteiger partial charge in [0.1, 0.15) is 5.15 Å². The zero-order valence-corrected chi connectivity index (χ0v) is 13.3. The highest BCUT2D eigenvalue weighted by Crippen LogP contribution is 2.32. The largest absolute Gasteiger partial charge is 0.310 e. The van der Waals surface area contributed by atoms with Crippen molar-refractivity contribution < 1.29 is 0 Å². The van der Waals surface area contributed by atoms with Crippen molar-refractivity contribution in [1.82, 2.24) is 20.0 Å². The van der Waals surface area contributed by atoms with Crippen LogP contribution < -0.4 is 5.32 Å². The van der Waals surface area contributed by atoms with Crippen molar-refractivity contribution in [3.8, 4) is 0 Å². The van der Waals surface area contributed by atoms with Gasteiger partial charge in [-0.3, -0.25) is 9.58 Å².